The first kappa shape index (κ1) is 16.0. The lowest BCUT2D eigenvalue weighted by atomic mass is 9.99. The van der Waals surface area contributed by atoms with Crippen molar-refractivity contribution in [2.24, 2.45) is 0 Å². The fourth-order valence-corrected chi connectivity index (χ4v) is 2.19. The van der Waals surface area contributed by atoms with Gasteiger partial charge >= 0.3 is 0 Å². The van der Waals surface area contributed by atoms with Gasteiger partial charge in [0.25, 0.3) is 0 Å². The lowest BCUT2D eigenvalue weighted by molar-refractivity contribution is -0.160. The average molecular weight is 272 g/mol. The molecule has 0 bridgehead atoms. The minimum absolute atomic E-state index is 0.0695. The van der Waals surface area contributed by atoms with Crippen molar-refractivity contribution in [3.63, 3.8) is 0 Å². The SMILES string of the molecule is CCCCCC1OC(C)=C(OC)C(=O)C1OCOC. The van der Waals surface area contributed by atoms with Gasteiger partial charge in [-0.05, 0) is 19.8 Å². The van der Waals surface area contributed by atoms with E-state index in [4.69, 9.17) is 18.9 Å². The Morgan fingerprint density at radius 2 is 2.00 bits per heavy atom. The number of carbonyl (C=O) groups is 1. The predicted octanol–water partition coefficient (Wildman–Crippen LogP) is 2.40. The van der Waals surface area contributed by atoms with Crippen LogP contribution in [0.3, 0.4) is 0 Å². The van der Waals surface area contributed by atoms with E-state index >= 15 is 0 Å². The summed E-state index contributed by atoms with van der Waals surface area (Å²) in [5.74, 6) is 0.615. The molecular weight excluding hydrogens is 248 g/mol. The number of unbranched alkanes of at least 4 members (excludes halogenated alkanes) is 2. The van der Waals surface area contributed by atoms with Gasteiger partial charge in [0, 0.05) is 7.11 Å². The van der Waals surface area contributed by atoms with E-state index in [1.54, 1.807) is 6.92 Å². The zero-order valence-corrected chi connectivity index (χ0v) is 12.2. The molecule has 0 N–H and O–H groups in total. The third kappa shape index (κ3) is 4.21. The number of allylic oxidation sites excluding steroid dienone is 1. The van der Waals surface area contributed by atoms with Gasteiger partial charge in [-0.25, -0.2) is 0 Å². The highest BCUT2D eigenvalue weighted by Gasteiger charge is 2.39. The van der Waals surface area contributed by atoms with Crippen molar-refractivity contribution in [2.45, 2.75) is 51.7 Å². The number of methoxy groups -OCH3 is 2. The molecule has 0 aliphatic carbocycles. The molecule has 0 aromatic carbocycles. The molecule has 0 radical (unpaired) electrons. The number of ketones is 1. The van der Waals surface area contributed by atoms with Crippen LogP contribution in [0, 0.1) is 0 Å². The summed E-state index contributed by atoms with van der Waals surface area (Å²) in [6, 6.07) is 0. The molecule has 0 aromatic heterocycles. The zero-order chi connectivity index (χ0) is 14.3. The summed E-state index contributed by atoms with van der Waals surface area (Å²) in [4.78, 5) is 12.3. The largest absolute Gasteiger partial charge is 0.490 e. The second-order valence-corrected chi connectivity index (χ2v) is 4.60. The van der Waals surface area contributed by atoms with Crippen LogP contribution in [0.1, 0.15) is 39.5 Å². The predicted molar refractivity (Wildman–Crippen MR) is 70.5 cm³/mol. The molecule has 0 fully saturated rings. The van der Waals surface area contributed by atoms with Gasteiger partial charge in [0.2, 0.25) is 11.5 Å². The molecule has 2 unspecified atom stereocenters. The Labute approximate surface area is 114 Å². The van der Waals surface area contributed by atoms with Crippen LogP contribution in [-0.4, -0.2) is 39.0 Å². The van der Waals surface area contributed by atoms with E-state index in [9.17, 15) is 4.79 Å². The summed E-state index contributed by atoms with van der Waals surface area (Å²) in [6.07, 6.45) is 3.15. The Balaban J connectivity index is 2.75. The van der Waals surface area contributed by atoms with E-state index in [1.807, 2.05) is 0 Å². The summed E-state index contributed by atoms with van der Waals surface area (Å²) in [5, 5.41) is 0. The van der Waals surface area contributed by atoms with Gasteiger partial charge in [0.1, 0.15) is 18.7 Å². The zero-order valence-electron chi connectivity index (χ0n) is 12.2. The van der Waals surface area contributed by atoms with Crippen molar-refractivity contribution in [2.75, 3.05) is 21.0 Å². The average Bonchev–Trinajstić information content (AvgIpc) is 2.39. The number of hydrogen-bond acceptors (Lipinski definition) is 5. The summed E-state index contributed by atoms with van der Waals surface area (Å²) >= 11 is 0. The maximum absolute atomic E-state index is 12.3. The Morgan fingerprint density at radius 1 is 1.26 bits per heavy atom. The molecule has 19 heavy (non-hydrogen) atoms. The van der Waals surface area contributed by atoms with Gasteiger partial charge in [0.15, 0.2) is 6.10 Å². The standard InChI is InChI=1S/C14H24O5/c1-5-6-7-8-11-14(18-9-16-3)12(15)13(17-4)10(2)19-11/h11,14H,5-9H2,1-4H3. The van der Waals surface area contributed by atoms with E-state index in [2.05, 4.69) is 6.92 Å². The number of Topliss-reactive ketones (excluding diaryl/α,β-unsaturated/α-hetero) is 1. The summed E-state index contributed by atoms with van der Waals surface area (Å²) in [6.45, 7) is 3.95. The number of carbonyl (C=O) groups excluding carboxylic acids is 1. The number of hydrogen-bond donors (Lipinski definition) is 0. The first-order chi connectivity index (χ1) is 9.15. The van der Waals surface area contributed by atoms with Gasteiger partial charge in [-0.1, -0.05) is 19.8 Å². The van der Waals surface area contributed by atoms with Gasteiger partial charge in [0.05, 0.1) is 7.11 Å². The number of rotatable bonds is 8. The molecule has 2 atom stereocenters. The van der Waals surface area contributed by atoms with Crippen molar-refractivity contribution in [3.05, 3.63) is 11.5 Å². The highest BCUT2D eigenvalue weighted by atomic mass is 16.7. The fraction of sp³-hybridized carbons (Fsp3) is 0.786. The molecule has 5 nitrogen and oxygen atoms in total. The molecule has 1 aliphatic heterocycles. The Hall–Kier alpha value is -1.07. The van der Waals surface area contributed by atoms with Crippen LogP contribution >= 0.6 is 0 Å². The van der Waals surface area contributed by atoms with E-state index < -0.39 is 6.10 Å². The van der Waals surface area contributed by atoms with E-state index in [0.717, 1.165) is 25.7 Å². The third-order valence-corrected chi connectivity index (χ3v) is 3.13. The van der Waals surface area contributed by atoms with Crippen LogP contribution in [0.25, 0.3) is 0 Å². The molecule has 0 saturated heterocycles. The summed E-state index contributed by atoms with van der Waals surface area (Å²) in [5.41, 5.74) is 0. The molecule has 5 heteroatoms. The molecule has 0 spiro atoms. The lowest BCUT2D eigenvalue weighted by Crippen LogP contribution is -2.43. The van der Waals surface area contributed by atoms with Crippen LogP contribution in [0.15, 0.2) is 11.5 Å². The minimum Gasteiger partial charge on any atom is -0.490 e. The summed E-state index contributed by atoms with van der Waals surface area (Å²) < 4.78 is 21.2. The van der Waals surface area contributed by atoms with Crippen LogP contribution in [0.5, 0.6) is 0 Å². The van der Waals surface area contributed by atoms with Crippen LogP contribution < -0.4 is 0 Å². The molecule has 1 rings (SSSR count). The third-order valence-electron chi connectivity index (χ3n) is 3.13. The van der Waals surface area contributed by atoms with Crippen molar-refractivity contribution in [1.82, 2.24) is 0 Å². The van der Waals surface area contributed by atoms with Gasteiger partial charge in [-0.3, -0.25) is 4.79 Å². The fourth-order valence-electron chi connectivity index (χ4n) is 2.19. The monoisotopic (exact) mass is 272 g/mol. The first-order valence-electron chi connectivity index (χ1n) is 6.71. The van der Waals surface area contributed by atoms with Crippen molar-refractivity contribution in [3.8, 4) is 0 Å². The van der Waals surface area contributed by atoms with Gasteiger partial charge in [-0.2, -0.15) is 0 Å². The van der Waals surface area contributed by atoms with E-state index in [-0.39, 0.29) is 24.4 Å². The van der Waals surface area contributed by atoms with E-state index in [1.165, 1.54) is 14.2 Å². The maximum atomic E-state index is 12.3. The molecule has 1 heterocycles. The Bertz CT molecular complexity index is 324. The lowest BCUT2D eigenvalue weighted by Gasteiger charge is -2.32. The van der Waals surface area contributed by atoms with E-state index in [0.29, 0.717) is 5.76 Å². The highest BCUT2D eigenvalue weighted by molar-refractivity contribution is 5.98. The van der Waals surface area contributed by atoms with Gasteiger partial charge < -0.3 is 18.9 Å². The van der Waals surface area contributed by atoms with Crippen molar-refractivity contribution < 1.29 is 23.7 Å². The van der Waals surface area contributed by atoms with Gasteiger partial charge in [-0.15, -0.1) is 0 Å². The Kier molecular flexibility index (Phi) is 6.87. The minimum atomic E-state index is -0.643. The van der Waals surface area contributed by atoms with Crippen molar-refractivity contribution >= 4 is 5.78 Å². The molecular formula is C14H24O5. The second kappa shape index (κ2) is 8.17. The van der Waals surface area contributed by atoms with Crippen LogP contribution in [-0.2, 0) is 23.7 Å². The quantitative estimate of drug-likeness (QED) is 0.501. The molecule has 0 saturated carbocycles. The van der Waals surface area contributed by atoms with Crippen molar-refractivity contribution in [1.29, 1.82) is 0 Å². The maximum Gasteiger partial charge on any atom is 0.233 e. The highest BCUT2D eigenvalue weighted by Crippen LogP contribution is 2.27. The molecule has 0 amide bonds. The number of ether oxygens (including phenoxy) is 4. The topological polar surface area (TPSA) is 54.0 Å². The van der Waals surface area contributed by atoms with Crippen LogP contribution in [0.2, 0.25) is 0 Å². The van der Waals surface area contributed by atoms with Crippen LogP contribution in [0.4, 0.5) is 0 Å². The smallest absolute Gasteiger partial charge is 0.233 e. The molecule has 110 valence electrons. The first-order valence-corrected chi connectivity index (χ1v) is 6.71. The second-order valence-electron chi connectivity index (χ2n) is 4.60. The molecule has 1 aliphatic rings. The Morgan fingerprint density at radius 3 is 2.58 bits per heavy atom. The normalized spacial score (nSPS) is 23.5. The summed E-state index contributed by atoms with van der Waals surface area (Å²) in [7, 11) is 2.99. The molecule has 0 aromatic rings.